The summed E-state index contributed by atoms with van der Waals surface area (Å²) in [6.07, 6.45) is -3.11. The summed E-state index contributed by atoms with van der Waals surface area (Å²) in [7, 11) is 1.56. The molecular formula is C12H13F3N2OS2. The quantitative estimate of drug-likeness (QED) is 0.905. The van der Waals surface area contributed by atoms with E-state index in [0.29, 0.717) is 28.5 Å². The van der Waals surface area contributed by atoms with Crippen molar-refractivity contribution in [2.24, 2.45) is 0 Å². The van der Waals surface area contributed by atoms with E-state index in [9.17, 15) is 13.2 Å². The number of nitrogens with one attached hydrogen (secondary N) is 1. The van der Waals surface area contributed by atoms with Crippen LogP contribution in [0, 0.1) is 0 Å². The van der Waals surface area contributed by atoms with E-state index in [0.717, 1.165) is 4.88 Å². The summed E-state index contributed by atoms with van der Waals surface area (Å²) in [6.45, 7) is 2.55. The van der Waals surface area contributed by atoms with Crippen molar-refractivity contribution in [3.8, 4) is 5.75 Å². The second-order valence-electron chi connectivity index (χ2n) is 3.95. The minimum Gasteiger partial charge on any atom is -0.496 e. The van der Waals surface area contributed by atoms with E-state index in [1.165, 1.54) is 17.5 Å². The van der Waals surface area contributed by atoms with Crippen LogP contribution in [0.25, 0.3) is 0 Å². The molecule has 2 aromatic heterocycles. The summed E-state index contributed by atoms with van der Waals surface area (Å²) in [4.78, 5) is 4.92. The van der Waals surface area contributed by atoms with Crippen LogP contribution in [0.5, 0.6) is 5.75 Å². The third kappa shape index (κ3) is 3.31. The van der Waals surface area contributed by atoms with Gasteiger partial charge in [0.15, 0.2) is 5.01 Å². The Morgan fingerprint density at radius 2 is 2.15 bits per heavy atom. The maximum atomic E-state index is 12.6. The van der Waals surface area contributed by atoms with Crippen molar-refractivity contribution in [2.75, 3.05) is 13.7 Å². The van der Waals surface area contributed by atoms with E-state index in [2.05, 4.69) is 10.3 Å². The fourth-order valence-corrected chi connectivity index (χ4v) is 3.59. The first kappa shape index (κ1) is 15.3. The van der Waals surface area contributed by atoms with E-state index in [4.69, 9.17) is 4.74 Å². The molecule has 1 N–H and O–H groups in total. The molecule has 0 amide bonds. The van der Waals surface area contributed by atoms with Gasteiger partial charge in [-0.2, -0.15) is 13.2 Å². The molecule has 2 heterocycles. The standard InChI is InChI=1S/C12H13F3N2OS2/c1-3-16-10(8-4-7(18-2)6-19-8)9-5-17-11(20-9)12(13,14)15/h4-6,10,16H,3H2,1-2H3. The number of thiophene rings is 1. The average Bonchev–Trinajstić information content (AvgIpc) is 3.04. The van der Waals surface area contributed by atoms with Crippen molar-refractivity contribution in [1.82, 2.24) is 10.3 Å². The van der Waals surface area contributed by atoms with Crippen molar-refractivity contribution in [3.63, 3.8) is 0 Å². The van der Waals surface area contributed by atoms with Gasteiger partial charge >= 0.3 is 6.18 Å². The normalized spacial score (nSPS) is 13.4. The van der Waals surface area contributed by atoms with Gasteiger partial charge in [0.2, 0.25) is 0 Å². The maximum absolute atomic E-state index is 12.6. The minimum atomic E-state index is -4.40. The molecule has 0 radical (unpaired) electrons. The third-order valence-corrected chi connectivity index (χ3v) is 4.66. The van der Waals surface area contributed by atoms with Gasteiger partial charge in [0, 0.05) is 21.3 Å². The van der Waals surface area contributed by atoms with Crippen LogP contribution in [-0.4, -0.2) is 18.6 Å². The number of ether oxygens (including phenoxy) is 1. The first-order chi connectivity index (χ1) is 9.45. The Morgan fingerprint density at radius 3 is 2.65 bits per heavy atom. The molecule has 20 heavy (non-hydrogen) atoms. The fraction of sp³-hybridized carbons (Fsp3) is 0.417. The minimum absolute atomic E-state index is 0.289. The highest BCUT2D eigenvalue weighted by molar-refractivity contribution is 7.12. The highest BCUT2D eigenvalue weighted by Crippen LogP contribution is 2.38. The van der Waals surface area contributed by atoms with Crippen LogP contribution in [-0.2, 0) is 6.18 Å². The number of hydrogen-bond donors (Lipinski definition) is 1. The molecule has 0 fully saturated rings. The van der Waals surface area contributed by atoms with Crippen LogP contribution < -0.4 is 10.1 Å². The van der Waals surface area contributed by atoms with Crippen molar-refractivity contribution >= 4 is 22.7 Å². The van der Waals surface area contributed by atoms with E-state index in [-0.39, 0.29) is 6.04 Å². The lowest BCUT2D eigenvalue weighted by molar-refractivity contribution is -0.137. The molecule has 110 valence electrons. The van der Waals surface area contributed by atoms with Crippen LogP contribution in [0.4, 0.5) is 13.2 Å². The van der Waals surface area contributed by atoms with Crippen LogP contribution in [0.2, 0.25) is 0 Å². The van der Waals surface area contributed by atoms with E-state index in [1.54, 1.807) is 7.11 Å². The number of aromatic nitrogens is 1. The number of rotatable bonds is 5. The summed E-state index contributed by atoms with van der Waals surface area (Å²) in [5.41, 5.74) is 0. The SMILES string of the molecule is CCNC(c1cc(OC)cs1)c1cnc(C(F)(F)F)s1. The molecule has 0 saturated carbocycles. The Hall–Kier alpha value is -1.12. The van der Waals surface area contributed by atoms with Gasteiger partial charge in [-0.05, 0) is 12.6 Å². The lowest BCUT2D eigenvalue weighted by Gasteiger charge is -2.13. The fourth-order valence-electron chi connectivity index (χ4n) is 1.69. The molecule has 0 saturated heterocycles. The lowest BCUT2D eigenvalue weighted by Crippen LogP contribution is -2.20. The van der Waals surface area contributed by atoms with E-state index < -0.39 is 11.2 Å². The molecule has 8 heteroatoms. The van der Waals surface area contributed by atoms with Crippen molar-refractivity contribution in [3.05, 3.63) is 32.4 Å². The van der Waals surface area contributed by atoms with Crippen LogP contribution in [0.1, 0.15) is 27.7 Å². The van der Waals surface area contributed by atoms with Crippen molar-refractivity contribution in [2.45, 2.75) is 19.1 Å². The zero-order valence-electron chi connectivity index (χ0n) is 10.8. The summed E-state index contributed by atoms with van der Waals surface area (Å²) < 4.78 is 43.0. The molecular weight excluding hydrogens is 309 g/mol. The van der Waals surface area contributed by atoms with E-state index in [1.807, 2.05) is 18.4 Å². The Kier molecular flexibility index (Phi) is 4.66. The van der Waals surface area contributed by atoms with Gasteiger partial charge in [-0.25, -0.2) is 4.98 Å². The first-order valence-corrected chi connectivity index (χ1v) is 7.54. The maximum Gasteiger partial charge on any atom is 0.443 e. The smallest absolute Gasteiger partial charge is 0.443 e. The topological polar surface area (TPSA) is 34.1 Å². The van der Waals surface area contributed by atoms with Gasteiger partial charge in [-0.1, -0.05) is 6.92 Å². The zero-order valence-corrected chi connectivity index (χ0v) is 12.5. The van der Waals surface area contributed by atoms with Crippen molar-refractivity contribution < 1.29 is 17.9 Å². The van der Waals surface area contributed by atoms with Gasteiger partial charge in [0.25, 0.3) is 0 Å². The lowest BCUT2D eigenvalue weighted by atomic mass is 10.2. The largest absolute Gasteiger partial charge is 0.496 e. The molecule has 0 spiro atoms. The molecule has 0 aliphatic rings. The Balaban J connectivity index is 2.30. The molecule has 0 aliphatic heterocycles. The first-order valence-electron chi connectivity index (χ1n) is 5.84. The van der Waals surface area contributed by atoms with Gasteiger partial charge in [0.05, 0.1) is 13.2 Å². The molecule has 2 rings (SSSR count). The number of nitrogens with zero attached hydrogens (tertiary/aromatic N) is 1. The zero-order chi connectivity index (χ0) is 14.8. The summed E-state index contributed by atoms with van der Waals surface area (Å²) in [5.74, 6) is 0.702. The number of halogens is 3. The molecule has 1 atom stereocenters. The monoisotopic (exact) mass is 322 g/mol. The number of alkyl halides is 3. The van der Waals surface area contributed by atoms with Gasteiger partial charge < -0.3 is 10.1 Å². The average molecular weight is 322 g/mol. The molecule has 0 aromatic carbocycles. The second-order valence-corrected chi connectivity index (χ2v) is 5.95. The predicted molar refractivity (Wildman–Crippen MR) is 73.5 cm³/mol. The van der Waals surface area contributed by atoms with Crippen molar-refractivity contribution in [1.29, 1.82) is 0 Å². The second kappa shape index (κ2) is 6.11. The Labute approximate surface area is 122 Å². The molecule has 0 aliphatic carbocycles. The molecule has 2 aromatic rings. The molecule has 3 nitrogen and oxygen atoms in total. The van der Waals surface area contributed by atoms with Crippen LogP contribution >= 0.6 is 22.7 Å². The summed E-state index contributed by atoms with van der Waals surface area (Å²) >= 11 is 2.11. The molecule has 1 unspecified atom stereocenters. The predicted octanol–water partition coefficient (Wildman–Crippen LogP) is 3.93. The highest BCUT2D eigenvalue weighted by Gasteiger charge is 2.35. The number of thiazole rings is 1. The van der Waals surface area contributed by atoms with Gasteiger partial charge in [0.1, 0.15) is 5.75 Å². The highest BCUT2D eigenvalue weighted by atomic mass is 32.1. The summed E-state index contributed by atoms with van der Waals surface area (Å²) in [5, 5.41) is 4.18. The Morgan fingerprint density at radius 1 is 1.40 bits per heavy atom. The molecule has 0 bridgehead atoms. The Bertz CT molecular complexity index is 565. The van der Waals surface area contributed by atoms with Gasteiger partial charge in [-0.3, -0.25) is 0 Å². The number of methoxy groups -OCH3 is 1. The van der Waals surface area contributed by atoms with E-state index >= 15 is 0 Å². The van der Waals surface area contributed by atoms with Crippen LogP contribution in [0.3, 0.4) is 0 Å². The summed E-state index contributed by atoms with van der Waals surface area (Å²) in [6, 6.07) is 1.54. The number of hydrogen-bond acceptors (Lipinski definition) is 5. The third-order valence-electron chi connectivity index (χ3n) is 2.57. The van der Waals surface area contributed by atoms with Crippen LogP contribution in [0.15, 0.2) is 17.6 Å². The van der Waals surface area contributed by atoms with Gasteiger partial charge in [-0.15, -0.1) is 22.7 Å².